The summed E-state index contributed by atoms with van der Waals surface area (Å²) in [4.78, 5) is 0. The van der Waals surface area contributed by atoms with Gasteiger partial charge >= 0.3 is 6.18 Å². The molecule has 0 atom stereocenters. The maximum Gasteiger partial charge on any atom is 0.422 e. The van der Waals surface area contributed by atoms with E-state index in [9.17, 15) is 30.7 Å². The van der Waals surface area contributed by atoms with Crippen molar-refractivity contribution in [2.24, 2.45) is 0 Å². The van der Waals surface area contributed by atoms with Gasteiger partial charge in [-0.3, -0.25) is 0 Å². The smallest absolute Gasteiger partial charge is 0.203 e. The van der Waals surface area contributed by atoms with E-state index in [0.29, 0.717) is 5.56 Å². The summed E-state index contributed by atoms with van der Waals surface area (Å²) in [5, 5.41) is 0. The molecule has 0 aliphatic heterocycles. The van der Waals surface area contributed by atoms with Crippen molar-refractivity contribution < 1.29 is 30.7 Å². The minimum absolute atomic E-state index is 0.262. The molecule has 0 aliphatic rings. The molecule has 0 N–H and O–H groups in total. The lowest BCUT2D eigenvalue weighted by Gasteiger charge is -2.14. The molecule has 2 aromatic carbocycles. The molecule has 0 saturated heterocycles. The van der Waals surface area contributed by atoms with Gasteiger partial charge in [-0.25, -0.2) is 17.6 Å². The second-order valence-electron chi connectivity index (χ2n) is 4.37. The molecule has 0 radical (unpaired) electrons. The normalized spacial score (nSPS) is 11.8. The molecule has 21 heavy (non-hydrogen) atoms. The molecule has 0 amide bonds. The molecule has 112 valence electrons. The van der Waals surface area contributed by atoms with Gasteiger partial charge in [-0.1, -0.05) is 29.8 Å². The van der Waals surface area contributed by atoms with Crippen LogP contribution in [-0.2, 0) is 6.18 Å². The molecule has 0 aromatic heterocycles. The quantitative estimate of drug-likeness (QED) is 0.499. The van der Waals surface area contributed by atoms with E-state index >= 15 is 0 Å². The summed E-state index contributed by atoms with van der Waals surface area (Å²) in [5.74, 6) is -9.08. The number of hydrogen-bond donors (Lipinski definition) is 0. The molecular formula is C14H7F7. The van der Waals surface area contributed by atoms with Crippen LogP contribution >= 0.6 is 0 Å². The van der Waals surface area contributed by atoms with Crippen molar-refractivity contribution in [3.05, 3.63) is 58.7 Å². The van der Waals surface area contributed by atoms with Gasteiger partial charge in [0.15, 0.2) is 23.3 Å². The summed E-state index contributed by atoms with van der Waals surface area (Å²) in [6.07, 6.45) is -5.54. The molecular weight excluding hydrogens is 301 g/mol. The van der Waals surface area contributed by atoms with Gasteiger partial charge in [0.25, 0.3) is 0 Å². The Morgan fingerprint density at radius 2 is 1.14 bits per heavy atom. The van der Waals surface area contributed by atoms with Crippen molar-refractivity contribution in [2.75, 3.05) is 0 Å². The second-order valence-corrected chi connectivity index (χ2v) is 4.37. The predicted molar refractivity (Wildman–Crippen MR) is 61.4 cm³/mol. The van der Waals surface area contributed by atoms with Crippen LogP contribution in [0, 0.1) is 30.2 Å². The van der Waals surface area contributed by atoms with Gasteiger partial charge in [-0.05, 0) is 12.5 Å². The zero-order valence-corrected chi connectivity index (χ0v) is 10.5. The Morgan fingerprint density at radius 3 is 1.52 bits per heavy atom. The van der Waals surface area contributed by atoms with E-state index in [1.165, 1.54) is 12.1 Å². The summed E-state index contributed by atoms with van der Waals surface area (Å²) in [5.41, 5.74) is -3.30. The van der Waals surface area contributed by atoms with E-state index < -0.39 is 40.6 Å². The highest BCUT2D eigenvalue weighted by atomic mass is 19.4. The lowest BCUT2D eigenvalue weighted by Crippen LogP contribution is -2.16. The lowest BCUT2D eigenvalue weighted by molar-refractivity contribution is -0.143. The highest BCUT2D eigenvalue weighted by molar-refractivity contribution is 5.66. The van der Waals surface area contributed by atoms with Gasteiger partial charge in [-0.2, -0.15) is 13.2 Å². The van der Waals surface area contributed by atoms with Gasteiger partial charge in [0.2, 0.25) is 0 Å². The molecule has 2 rings (SSSR count). The third kappa shape index (κ3) is 2.59. The fraction of sp³-hybridized carbons (Fsp3) is 0.143. The SMILES string of the molecule is Cc1ccc(-c2c(F)c(F)c(C(F)(F)F)c(F)c2F)cc1. The van der Waals surface area contributed by atoms with E-state index in [2.05, 4.69) is 0 Å². The maximum atomic E-state index is 13.7. The molecule has 0 fully saturated rings. The largest absolute Gasteiger partial charge is 0.422 e. The molecule has 0 saturated carbocycles. The average molecular weight is 308 g/mol. The fourth-order valence-electron chi connectivity index (χ4n) is 1.85. The monoisotopic (exact) mass is 308 g/mol. The van der Waals surface area contributed by atoms with Gasteiger partial charge in [0, 0.05) is 0 Å². The average Bonchev–Trinajstić information content (AvgIpc) is 2.37. The third-order valence-corrected chi connectivity index (χ3v) is 2.89. The topological polar surface area (TPSA) is 0 Å². The van der Waals surface area contributed by atoms with Crippen LogP contribution in [0.5, 0.6) is 0 Å². The zero-order chi connectivity index (χ0) is 15.9. The van der Waals surface area contributed by atoms with Gasteiger partial charge in [0.1, 0.15) is 5.56 Å². The summed E-state index contributed by atoms with van der Waals surface area (Å²) in [6.45, 7) is 1.66. The second kappa shape index (κ2) is 5.05. The van der Waals surface area contributed by atoms with Gasteiger partial charge in [-0.15, -0.1) is 0 Å². The minimum atomic E-state index is -5.54. The first kappa shape index (κ1) is 15.3. The summed E-state index contributed by atoms with van der Waals surface area (Å²) < 4.78 is 91.7. The van der Waals surface area contributed by atoms with Crippen LogP contribution in [0.25, 0.3) is 11.1 Å². The van der Waals surface area contributed by atoms with Crippen molar-refractivity contribution in [3.63, 3.8) is 0 Å². The number of halogens is 7. The molecule has 2 aromatic rings. The molecule has 0 aliphatic carbocycles. The summed E-state index contributed by atoms with van der Waals surface area (Å²) in [7, 11) is 0. The van der Waals surface area contributed by atoms with E-state index in [4.69, 9.17) is 0 Å². The molecule has 0 spiro atoms. The predicted octanol–water partition coefficient (Wildman–Crippen LogP) is 5.24. The Balaban J connectivity index is 2.79. The standard InChI is InChI=1S/C14H7F7/c1-6-2-4-7(5-3-6)8-10(15)12(17)9(14(19,20)21)13(18)11(8)16/h2-5H,1H3. The highest BCUT2D eigenvalue weighted by Crippen LogP contribution is 2.39. The Morgan fingerprint density at radius 1 is 0.714 bits per heavy atom. The first-order valence-electron chi connectivity index (χ1n) is 5.64. The van der Waals surface area contributed by atoms with Crippen LogP contribution in [0.1, 0.15) is 11.1 Å². The Kier molecular flexibility index (Phi) is 3.69. The van der Waals surface area contributed by atoms with E-state index in [1.54, 1.807) is 6.92 Å². The number of aryl methyl sites for hydroxylation is 1. The first-order chi connectivity index (χ1) is 9.64. The molecule has 7 heteroatoms. The Hall–Kier alpha value is -2.05. The number of alkyl halides is 3. The summed E-state index contributed by atoms with van der Waals surface area (Å²) in [6, 6.07) is 5.12. The van der Waals surface area contributed by atoms with Gasteiger partial charge in [0.05, 0.1) is 5.56 Å². The molecule has 0 nitrogen and oxygen atoms in total. The lowest BCUT2D eigenvalue weighted by atomic mass is 10.00. The summed E-state index contributed by atoms with van der Waals surface area (Å²) >= 11 is 0. The first-order valence-corrected chi connectivity index (χ1v) is 5.64. The third-order valence-electron chi connectivity index (χ3n) is 2.89. The Labute approximate surface area is 114 Å². The minimum Gasteiger partial charge on any atom is -0.203 e. The zero-order valence-electron chi connectivity index (χ0n) is 10.5. The highest BCUT2D eigenvalue weighted by Gasteiger charge is 2.42. The van der Waals surface area contributed by atoms with Crippen molar-refractivity contribution in [2.45, 2.75) is 13.1 Å². The molecule has 0 heterocycles. The fourth-order valence-corrected chi connectivity index (χ4v) is 1.85. The van der Waals surface area contributed by atoms with Crippen LogP contribution in [0.15, 0.2) is 24.3 Å². The van der Waals surface area contributed by atoms with Crippen LogP contribution in [-0.4, -0.2) is 0 Å². The number of benzene rings is 2. The molecule has 0 unspecified atom stereocenters. The van der Waals surface area contributed by atoms with Crippen molar-refractivity contribution in [3.8, 4) is 11.1 Å². The van der Waals surface area contributed by atoms with Crippen LogP contribution in [0.4, 0.5) is 30.7 Å². The van der Waals surface area contributed by atoms with Crippen LogP contribution in [0.3, 0.4) is 0 Å². The van der Waals surface area contributed by atoms with Crippen molar-refractivity contribution >= 4 is 0 Å². The van der Waals surface area contributed by atoms with Crippen molar-refractivity contribution in [1.82, 2.24) is 0 Å². The van der Waals surface area contributed by atoms with Crippen LogP contribution < -0.4 is 0 Å². The van der Waals surface area contributed by atoms with Crippen LogP contribution in [0.2, 0.25) is 0 Å². The number of hydrogen-bond acceptors (Lipinski definition) is 0. The molecule has 0 bridgehead atoms. The van der Waals surface area contributed by atoms with E-state index in [0.717, 1.165) is 12.1 Å². The van der Waals surface area contributed by atoms with Crippen molar-refractivity contribution in [1.29, 1.82) is 0 Å². The van der Waals surface area contributed by atoms with E-state index in [-0.39, 0.29) is 5.56 Å². The van der Waals surface area contributed by atoms with E-state index in [1.807, 2.05) is 0 Å². The maximum absolute atomic E-state index is 13.7. The number of rotatable bonds is 1. The van der Waals surface area contributed by atoms with Gasteiger partial charge < -0.3 is 0 Å². The Bertz CT molecular complexity index is 655.